The molecule has 0 aromatic heterocycles. The number of hydrogen-bond acceptors (Lipinski definition) is 3. The zero-order valence-corrected chi connectivity index (χ0v) is 43.9. The van der Waals surface area contributed by atoms with Crippen molar-refractivity contribution in [3.63, 3.8) is 0 Å². The first kappa shape index (κ1) is 51.8. The van der Waals surface area contributed by atoms with E-state index in [-0.39, 0.29) is 22.4 Å². The summed E-state index contributed by atoms with van der Waals surface area (Å²) < 4.78 is 8.63. The second kappa shape index (κ2) is 27.5. The number of hydrogen-bond donors (Lipinski definition) is 2. The van der Waals surface area contributed by atoms with Crippen LogP contribution in [0.1, 0.15) is 37.8 Å². The van der Waals surface area contributed by atoms with Gasteiger partial charge in [0.2, 0.25) is 0 Å². The molecule has 6 aromatic carbocycles. The number of rotatable bonds is 10. The normalized spacial score (nSPS) is 10.6. The van der Waals surface area contributed by atoms with Gasteiger partial charge in [0, 0.05) is 18.6 Å². The van der Waals surface area contributed by atoms with E-state index in [4.69, 9.17) is 4.74 Å². The lowest BCUT2D eigenvalue weighted by Gasteiger charge is -2.27. The van der Waals surface area contributed by atoms with Gasteiger partial charge in [-0.05, 0) is 134 Å². The monoisotopic (exact) mass is 1280 g/mol. The van der Waals surface area contributed by atoms with E-state index in [0.29, 0.717) is 25.4 Å². The highest BCUT2D eigenvalue weighted by Crippen LogP contribution is 2.43. The lowest BCUT2D eigenvalue weighted by Crippen LogP contribution is -2.19. The minimum Gasteiger partial charge on any atom is -0.506 e. The van der Waals surface area contributed by atoms with Gasteiger partial charge in [-0.15, -0.1) is 0 Å². The Morgan fingerprint density at radius 2 is 0.684 bits per heavy atom. The number of aromatic hydroxyl groups is 2. The Hall–Kier alpha value is -1.32. The zero-order valence-electron chi connectivity index (χ0n) is 31.2. The van der Waals surface area contributed by atoms with E-state index in [1.807, 2.05) is 48.5 Å². The largest absolute Gasteiger partial charge is 0.506 e. The smallest absolute Gasteiger partial charge is 0.143 e. The standard InChI is InChI=1S/C15H12Br4O2.2C12H10.C6H10Br4O.H2O/c1-15(2,7-3-9(16)13(20)10(17)4-7)8-5-11(18)14(21)12(19)6-8;2*1-3-7-11(8-4-1)12-9-5-2-6-10-12;7-5(8)1-3-11-4-2-6(9)10;/h3-6,20-21H,1-2H3;2*1-10H;5-6H,1-4H2;1H2. The predicted molar refractivity (Wildman–Crippen MR) is 270 cm³/mol. The molecule has 0 bridgehead atoms. The van der Waals surface area contributed by atoms with Crippen molar-refractivity contribution in [3.8, 4) is 33.8 Å². The first-order chi connectivity index (χ1) is 26.7. The van der Waals surface area contributed by atoms with E-state index in [1.165, 1.54) is 22.3 Å². The lowest BCUT2D eigenvalue weighted by molar-refractivity contribution is 0.135. The zero-order chi connectivity index (χ0) is 41.1. The molecule has 0 aliphatic heterocycles. The van der Waals surface area contributed by atoms with Gasteiger partial charge in [-0.3, -0.25) is 0 Å². The van der Waals surface area contributed by atoms with Gasteiger partial charge < -0.3 is 20.4 Å². The molecule has 12 heteroatoms. The summed E-state index contributed by atoms with van der Waals surface area (Å²) in [7, 11) is 0. The van der Waals surface area contributed by atoms with E-state index in [0.717, 1.165) is 37.2 Å². The van der Waals surface area contributed by atoms with Gasteiger partial charge in [-0.25, -0.2) is 0 Å². The first-order valence-corrected chi connectivity index (χ1v) is 24.3. The van der Waals surface area contributed by atoms with Crippen LogP contribution in [-0.2, 0) is 10.2 Å². The van der Waals surface area contributed by atoms with Crippen LogP contribution >= 0.6 is 127 Å². The summed E-state index contributed by atoms with van der Waals surface area (Å²) in [5, 5.41) is 19.7. The van der Waals surface area contributed by atoms with Crippen LogP contribution in [0.5, 0.6) is 11.5 Å². The van der Waals surface area contributed by atoms with E-state index < -0.39 is 0 Å². The maximum Gasteiger partial charge on any atom is 0.143 e. The van der Waals surface area contributed by atoms with Crippen LogP contribution in [0, 0.1) is 0 Å². The van der Waals surface area contributed by atoms with E-state index in [2.05, 4.69) is 238 Å². The summed E-state index contributed by atoms with van der Waals surface area (Å²) in [6.07, 6.45) is 1.99. The summed E-state index contributed by atoms with van der Waals surface area (Å²) in [5.41, 5.74) is 6.86. The second-order valence-electron chi connectivity index (χ2n) is 12.6. The molecule has 0 fully saturated rings. The molecule has 0 heterocycles. The molecule has 304 valence electrons. The number of phenols is 2. The summed E-state index contributed by atoms with van der Waals surface area (Å²) in [6, 6.07) is 49.2. The van der Waals surface area contributed by atoms with Crippen molar-refractivity contribution in [1.82, 2.24) is 0 Å². The van der Waals surface area contributed by atoms with Crippen LogP contribution < -0.4 is 0 Å². The van der Waals surface area contributed by atoms with Crippen molar-refractivity contribution in [1.29, 1.82) is 0 Å². The van der Waals surface area contributed by atoms with Gasteiger partial charge >= 0.3 is 0 Å². The molecule has 6 rings (SSSR count). The molecule has 0 unspecified atom stereocenters. The average molecular weight is 1290 g/mol. The van der Waals surface area contributed by atoms with Crippen LogP contribution in [0.15, 0.2) is 163 Å². The fraction of sp³-hybridized carbons (Fsp3) is 0.200. The maximum atomic E-state index is 9.85. The highest BCUT2D eigenvalue weighted by molar-refractivity contribution is 9.25. The Morgan fingerprint density at radius 3 is 0.895 bits per heavy atom. The van der Waals surface area contributed by atoms with E-state index in [9.17, 15) is 10.2 Å². The molecule has 4 N–H and O–H groups in total. The van der Waals surface area contributed by atoms with Crippen LogP contribution in [-0.4, -0.2) is 36.4 Å². The van der Waals surface area contributed by atoms with Gasteiger partial charge in [-0.1, -0.05) is 199 Å². The van der Waals surface area contributed by atoms with Crippen molar-refractivity contribution in [3.05, 3.63) is 175 Å². The third-order valence-electron chi connectivity index (χ3n) is 8.20. The fourth-order valence-corrected chi connectivity index (χ4v) is 8.11. The maximum absolute atomic E-state index is 9.85. The molecule has 0 saturated heterocycles. The Bertz CT molecular complexity index is 1750. The first-order valence-electron chi connectivity index (χ1n) is 17.4. The fourth-order valence-electron chi connectivity index (χ4n) is 4.99. The molecule has 4 nitrogen and oxygen atoms in total. The molecule has 0 spiro atoms. The van der Waals surface area contributed by atoms with Gasteiger partial charge in [0.15, 0.2) is 0 Å². The van der Waals surface area contributed by atoms with Gasteiger partial charge in [0.25, 0.3) is 0 Å². The summed E-state index contributed by atoms with van der Waals surface area (Å²) in [6.45, 7) is 5.77. The predicted octanol–water partition coefficient (Wildman–Crippen LogP) is 16.4. The number of benzene rings is 6. The molecule has 0 aliphatic carbocycles. The highest BCUT2D eigenvalue weighted by Gasteiger charge is 2.26. The Balaban J connectivity index is 0.000000272. The number of alkyl halides is 4. The van der Waals surface area contributed by atoms with Crippen LogP contribution in [0.3, 0.4) is 0 Å². The summed E-state index contributed by atoms with van der Waals surface area (Å²) >= 11 is 26.9. The highest BCUT2D eigenvalue weighted by atomic mass is 79.9. The molecule has 57 heavy (non-hydrogen) atoms. The Kier molecular flexibility index (Phi) is 25.0. The lowest BCUT2D eigenvalue weighted by atomic mass is 9.78. The summed E-state index contributed by atoms with van der Waals surface area (Å²) in [5.74, 6) is 0.366. The SMILES string of the molecule is BrC(Br)CCOCCC(Br)Br.CC(C)(c1cc(Br)c(O)c(Br)c1)c1cc(Br)c(O)c(Br)c1.O.c1ccc(-c2ccccc2)cc1.c1ccc(-c2ccccc2)cc1. The molecular weight excluding hydrogens is 1240 g/mol. The van der Waals surface area contributed by atoms with Crippen LogP contribution in [0.25, 0.3) is 22.3 Å². The van der Waals surface area contributed by atoms with E-state index >= 15 is 0 Å². The minimum atomic E-state index is -0.308. The molecule has 0 amide bonds. The molecule has 6 aromatic rings. The van der Waals surface area contributed by atoms with Crippen molar-refractivity contribution >= 4 is 127 Å². The Morgan fingerprint density at radius 1 is 0.456 bits per heavy atom. The minimum absolute atomic E-state index is 0. The van der Waals surface area contributed by atoms with Gasteiger partial charge in [0.05, 0.1) is 25.4 Å². The van der Waals surface area contributed by atoms with Crippen LogP contribution in [0.4, 0.5) is 0 Å². The van der Waals surface area contributed by atoms with Gasteiger partial charge in [-0.2, -0.15) is 0 Å². The van der Waals surface area contributed by atoms with E-state index in [1.54, 1.807) is 0 Å². The molecule has 0 saturated carbocycles. The molecular formula is C45H44Br8O4. The third-order valence-corrected chi connectivity index (χ3v) is 12.4. The Labute approximate surface area is 404 Å². The van der Waals surface area contributed by atoms with Crippen molar-refractivity contribution in [2.45, 2.75) is 39.6 Å². The molecule has 0 atom stereocenters. The van der Waals surface area contributed by atoms with Gasteiger partial charge in [0.1, 0.15) is 11.5 Å². The second-order valence-corrected chi connectivity index (χ2v) is 22.9. The number of halogens is 8. The number of phenolic OH excluding ortho intramolecular Hbond substituents is 2. The summed E-state index contributed by atoms with van der Waals surface area (Å²) in [4.78, 5) is 0. The molecule has 0 aliphatic rings. The van der Waals surface area contributed by atoms with Crippen molar-refractivity contribution in [2.24, 2.45) is 0 Å². The third kappa shape index (κ3) is 18.5. The number of ether oxygens (including phenoxy) is 1. The van der Waals surface area contributed by atoms with Crippen molar-refractivity contribution in [2.75, 3.05) is 13.2 Å². The van der Waals surface area contributed by atoms with Crippen LogP contribution in [0.2, 0.25) is 0 Å². The molecule has 0 radical (unpaired) electrons. The topological polar surface area (TPSA) is 81.2 Å². The average Bonchev–Trinajstić information content (AvgIpc) is 3.20. The quantitative estimate of drug-likeness (QED) is 0.106. The van der Waals surface area contributed by atoms with Crippen molar-refractivity contribution < 1.29 is 20.4 Å².